The topological polar surface area (TPSA) is 52.6 Å². The average Bonchev–Trinajstić information content (AvgIpc) is 2.96. The van der Waals surface area contributed by atoms with E-state index in [-0.39, 0.29) is 36.0 Å². The first kappa shape index (κ1) is 29.5. The summed E-state index contributed by atoms with van der Waals surface area (Å²) in [5.74, 6) is 0.645. The number of benzene rings is 2. The summed E-state index contributed by atoms with van der Waals surface area (Å²) >= 11 is 0. The second kappa shape index (κ2) is 11.8. The molecule has 6 unspecified atom stereocenters. The Morgan fingerprint density at radius 1 is 0.595 bits per heavy atom. The van der Waals surface area contributed by atoms with Crippen molar-refractivity contribution in [3.05, 3.63) is 70.8 Å². The minimum Gasteiger partial charge on any atom is -0.462 e. The van der Waals surface area contributed by atoms with Gasteiger partial charge in [0.1, 0.15) is 12.2 Å². The van der Waals surface area contributed by atoms with Gasteiger partial charge in [-0.15, -0.1) is 0 Å². The standard InChI is InChI=1S/C38H50O4/c1-21(2)25-17-15-23(5)19-31(25)41-37(39)35-33-27-11-7-9-13-29(27)34(30-14-10-8-12-28(30)33)36(35)38(40)42-32-20-24(6)16-18-26(32)22(3)4/h7-14,21-26,31-36H,15-20H2,1-6H3/t23?,24?,25?,26?,31?,32?,33?,34?,35-,36-/m0/s1. The minimum atomic E-state index is -0.587. The van der Waals surface area contributed by atoms with E-state index in [0.717, 1.165) is 47.9 Å². The highest BCUT2D eigenvalue weighted by molar-refractivity contribution is 5.88. The van der Waals surface area contributed by atoms with Gasteiger partial charge in [0.05, 0.1) is 11.8 Å². The Kier molecular flexibility index (Phi) is 8.28. The highest BCUT2D eigenvalue weighted by Crippen LogP contribution is 2.59. The Morgan fingerprint density at radius 2 is 0.929 bits per heavy atom. The molecule has 0 aliphatic heterocycles. The molecule has 0 N–H and O–H groups in total. The lowest BCUT2D eigenvalue weighted by Crippen LogP contribution is -2.50. The summed E-state index contributed by atoms with van der Waals surface area (Å²) in [6.45, 7) is 13.5. The molecule has 0 heterocycles. The summed E-state index contributed by atoms with van der Waals surface area (Å²) < 4.78 is 13.1. The van der Waals surface area contributed by atoms with Crippen molar-refractivity contribution in [1.29, 1.82) is 0 Å². The molecule has 4 heteroatoms. The normalized spacial score (nSPS) is 35.4. The fraction of sp³-hybridized carbons (Fsp3) is 0.632. The van der Waals surface area contributed by atoms with Crippen molar-refractivity contribution < 1.29 is 19.1 Å². The first-order valence-corrected chi connectivity index (χ1v) is 16.7. The summed E-state index contributed by atoms with van der Waals surface area (Å²) in [5, 5.41) is 0. The maximum atomic E-state index is 14.6. The molecule has 5 aliphatic rings. The largest absolute Gasteiger partial charge is 0.462 e. The molecule has 2 aromatic rings. The van der Waals surface area contributed by atoms with E-state index in [0.29, 0.717) is 35.5 Å². The van der Waals surface area contributed by atoms with Crippen molar-refractivity contribution in [1.82, 2.24) is 0 Å². The van der Waals surface area contributed by atoms with Crippen molar-refractivity contribution >= 4 is 11.9 Å². The fourth-order valence-electron chi connectivity index (χ4n) is 9.20. The molecule has 42 heavy (non-hydrogen) atoms. The molecule has 5 aliphatic carbocycles. The predicted octanol–water partition coefficient (Wildman–Crippen LogP) is 8.52. The molecule has 2 saturated carbocycles. The summed E-state index contributed by atoms with van der Waals surface area (Å²) in [4.78, 5) is 29.1. The summed E-state index contributed by atoms with van der Waals surface area (Å²) in [6, 6.07) is 16.9. The molecule has 8 atom stereocenters. The number of carbonyl (C=O) groups is 2. The molecule has 2 bridgehead atoms. The molecule has 2 aromatic carbocycles. The van der Waals surface area contributed by atoms with Crippen LogP contribution in [0.5, 0.6) is 0 Å². The van der Waals surface area contributed by atoms with Crippen LogP contribution < -0.4 is 0 Å². The molecule has 0 spiro atoms. The Labute approximate surface area is 253 Å². The third-order valence-electron chi connectivity index (χ3n) is 11.4. The SMILES string of the molecule is CC1CCC(C(C)C)C(OC(=O)[C@H]2C3c4ccccc4C(c4ccccc43)[C@@H]2C(=O)OC2CC(C)CCC2C(C)C)C1. The van der Waals surface area contributed by atoms with Crippen LogP contribution in [0, 0.1) is 47.3 Å². The van der Waals surface area contributed by atoms with Crippen molar-refractivity contribution in [2.24, 2.45) is 47.3 Å². The van der Waals surface area contributed by atoms with Gasteiger partial charge in [-0.1, -0.05) is 103 Å². The molecule has 7 rings (SSSR count). The van der Waals surface area contributed by atoms with Gasteiger partial charge in [-0.2, -0.15) is 0 Å². The van der Waals surface area contributed by atoms with Crippen LogP contribution in [-0.4, -0.2) is 24.1 Å². The van der Waals surface area contributed by atoms with E-state index >= 15 is 0 Å². The lowest BCUT2D eigenvalue weighted by atomic mass is 9.54. The zero-order valence-corrected chi connectivity index (χ0v) is 26.4. The van der Waals surface area contributed by atoms with E-state index in [1.54, 1.807) is 0 Å². The number of ether oxygens (including phenoxy) is 2. The van der Waals surface area contributed by atoms with Crippen molar-refractivity contribution in [3.63, 3.8) is 0 Å². The minimum absolute atomic E-state index is 0.103. The first-order chi connectivity index (χ1) is 20.2. The number of hydrogen-bond acceptors (Lipinski definition) is 4. The zero-order valence-electron chi connectivity index (χ0n) is 26.4. The van der Waals surface area contributed by atoms with Crippen LogP contribution in [0.15, 0.2) is 48.5 Å². The zero-order chi connectivity index (χ0) is 29.7. The van der Waals surface area contributed by atoms with E-state index < -0.39 is 11.8 Å². The van der Waals surface area contributed by atoms with Gasteiger partial charge in [0.15, 0.2) is 0 Å². The predicted molar refractivity (Wildman–Crippen MR) is 166 cm³/mol. The van der Waals surface area contributed by atoms with Gasteiger partial charge in [-0.25, -0.2) is 0 Å². The van der Waals surface area contributed by atoms with Crippen LogP contribution >= 0.6 is 0 Å². The van der Waals surface area contributed by atoms with Gasteiger partial charge in [0.2, 0.25) is 0 Å². The maximum Gasteiger partial charge on any atom is 0.311 e. The lowest BCUT2D eigenvalue weighted by Gasteiger charge is -2.49. The van der Waals surface area contributed by atoms with Gasteiger partial charge in [-0.05, 0) is 83.4 Å². The third-order valence-corrected chi connectivity index (χ3v) is 11.4. The highest BCUT2D eigenvalue weighted by Gasteiger charge is 2.57. The summed E-state index contributed by atoms with van der Waals surface area (Å²) in [7, 11) is 0. The van der Waals surface area contributed by atoms with E-state index in [4.69, 9.17) is 9.47 Å². The Morgan fingerprint density at radius 3 is 1.24 bits per heavy atom. The first-order valence-electron chi connectivity index (χ1n) is 16.7. The van der Waals surface area contributed by atoms with E-state index in [2.05, 4.69) is 90.1 Å². The molecule has 0 amide bonds. The monoisotopic (exact) mass is 570 g/mol. The lowest BCUT2D eigenvalue weighted by molar-refractivity contribution is -0.176. The maximum absolute atomic E-state index is 14.6. The Balaban J connectivity index is 1.39. The second-order valence-corrected chi connectivity index (χ2v) is 14.9. The number of hydrogen-bond donors (Lipinski definition) is 0. The number of fused-ring (bicyclic) bond motifs is 1. The van der Waals surface area contributed by atoms with Gasteiger partial charge < -0.3 is 9.47 Å². The second-order valence-electron chi connectivity index (χ2n) is 14.9. The number of esters is 2. The molecular formula is C38H50O4. The molecule has 0 saturated heterocycles. The van der Waals surface area contributed by atoms with Crippen LogP contribution in [0.3, 0.4) is 0 Å². The fourth-order valence-corrected chi connectivity index (χ4v) is 9.20. The molecule has 0 aromatic heterocycles. The van der Waals surface area contributed by atoms with E-state index in [9.17, 15) is 9.59 Å². The van der Waals surface area contributed by atoms with Crippen LogP contribution in [0.25, 0.3) is 0 Å². The van der Waals surface area contributed by atoms with Gasteiger partial charge in [-0.3, -0.25) is 9.59 Å². The molecule has 226 valence electrons. The van der Waals surface area contributed by atoms with Crippen molar-refractivity contribution in [2.45, 2.75) is 104 Å². The molecule has 0 radical (unpaired) electrons. The quantitative estimate of drug-likeness (QED) is 0.327. The number of carbonyl (C=O) groups excluding carboxylic acids is 2. The molecule has 2 fully saturated rings. The molecule has 4 nitrogen and oxygen atoms in total. The highest BCUT2D eigenvalue weighted by atomic mass is 16.6. The van der Waals surface area contributed by atoms with Gasteiger partial charge in [0.25, 0.3) is 0 Å². The Hall–Kier alpha value is -2.62. The van der Waals surface area contributed by atoms with Crippen LogP contribution in [0.4, 0.5) is 0 Å². The van der Waals surface area contributed by atoms with Crippen LogP contribution in [0.1, 0.15) is 114 Å². The summed E-state index contributed by atoms with van der Waals surface area (Å²) in [5.41, 5.74) is 4.65. The summed E-state index contributed by atoms with van der Waals surface area (Å²) in [6.07, 6.45) is 6.11. The van der Waals surface area contributed by atoms with Crippen LogP contribution in [-0.2, 0) is 19.1 Å². The van der Waals surface area contributed by atoms with E-state index in [1.165, 1.54) is 12.8 Å². The van der Waals surface area contributed by atoms with Gasteiger partial charge in [0, 0.05) is 11.8 Å². The van der Waals surface area contributed by atoms with E-state index in [1.807, 2.05) is 0 Å². The Bertz CT molecular complexity index is 1150. The smallest absolute Gasteiger partial charge is 0.311 e. The number of rotatable bonds is 6. The average molecular weight is 571 g/mol. The third kappa shape index (κ3) is 5.22. The van der Waals surface area contributed by atoms with Crippen molar-refractivity contribution in [2.75, 3.05) is 0 Å². The van der Waals surface area contributed by atoms with Crippen LogP contribution in [0.2, 0.25) is 0 Å². The molecular weight excluding hydrogens is 520 g/mol. The van der Waals surface area contributed by atoms with Gasteiger partial charge >= 0.3 is 11.9 Å². The van der Waals surface area contributed by atoms with Crippen molar-refractivity contribution in [3.8, 4) is 0 Å².